The summed E-state index contributed by atoms with van der Waals surface area (Å²) >= 11 is 0. The van der Waals surface area contributed by atoms with Crippen molar-refractivity contribution >= 4 is 22.1 Å². The molecule has 0 radical (unpaired) electrons. The standard InChI is InChI=1S/C40H26N2.C22H21N2O.Ir/c1-2-12-30(13-3-1)40-26-25-32(28-42-40)34-15-5-7-17-36(34)38-19-9-8-18-37(38)35-16-6-4-14-33(35)29-21-23-31(24-22-29)39-20-10-11-27-41-39;1-14-8-9-17-16-6-5-7-18(20(16)25-21(17)24-14)19-12-15(10-11-23-19)13-22(2,3)4;/h1-12,14-23,25-28H;5-6,8-12H,13H2,1-4H3;/q-2;-1;+3. The van der Waals surface area contributed by atoms with E-state index in [1.807, 2.05) is 86.2 Å². The molecule has 11 rings (SSSR count). The van der Waals surface area contributed by atoms with E-state index < -0.39 is 0 Å². The molecule has 6 aromatic carbocycles. The van der Waals surface area contributed by atoms with Crippen molar-refractivity contribution in [2.75, 3.05) is 0 Å². The van der Waals surface area contributed by atoms with Gasteiger partial charge >= 0.3 is 20.1 Å². The largest absolute Gasteiger partial charge is 3.00 e. The quantitative estimate of drug-likeness (QED) is 0.142. The second-order valence-electron chi connectivity index (χ2n) is 17.8. The number of benzene rings is 6. The fourth-order valence-corrected chi connectivity index (χ4v) is 8.67. The van der Waals surface area contributed by atoms with E-state index >= 15 is 0 Å². The molecule has 0 spiro atoms. The summed E-state index contributed by atoms with van der Waals surface area (Å²) in [4.78, 5) is 18.3. The summed E-state index contributed by atoms with van der Waals surface area (Å²) in [5, 5.41) is 2.08. The van der Waals surface area contributed by atoms with E-state index in [-0.39, 0.29) is 25.5 Å². The second-order valence-corrected chi connectivity index (χ2v) is 17.8. The van der Waals surface area contributed by atoms with Crippen LogP contribution in [0.2, 0.25) is 0 Å². The Morgan fingerprint density at radius 2 is 1.13 bits per heavy atom. The number of nitrogens with zero attached hydrogens (tertiary/aromatic N) is 4. The molecule has 68 heavy (non-hydrogen) atoms. The zero-order chi connectivity index (χ0) is 45.7. The van der Waals surface area contributed by atoms with Crippen LogP contribution in [0.4, 0.5) is 0 Å². The first-order chi connectivity index (χ1) is 32.8. The van der Waals surface area contributed by atoms with Gasteiger partial charge < -0.3 is 19.4 Å². The first-order valence-electron chi connectivity index (χ1n) is 22.6. The molecule has 0 saturated heterocycles. The summed E-state index contributed by atoms with van der Waals surface area (Å²) in [6.45, 7) is 8.70. The summed E-state index contributed by atoms with van der Waals surface area (Å²) in [5.74, 6) is 0. The Balaban J connectivity index is 0.000000190. The second kappa shape index (κ2) is 20.1. The third-order valence-corrected chi connectivity index (χ3v) is 11.7. The fraction of sp³-hybridized carbons (Fsp3) is 0.0968. The van der Waals surface area contributed by atoms with E-state index in [1.165, 1.54) is 27.8 Å². The van der Waals surface area contributed by atoms with E-state index in [4.69, 9.17) is 9.40 Å². The van der Waals surface area contributed by atoms with Crippen molar-refractivity contribution in [3.8, 4) is 78.3 Å². The molecule has 5 heterocycles. The van der Waals surface area contributed by atoms with Gasteiger partial charge in [0.25, 0.3) is 0 Å². The SMILES string of the molecule is Cc1ccc2c(n1)oc1c(-c3cc(CC(C)(C)C)ccn3)[c-]ccc12.[Ir+3].[c-]1cc(-c2ccccc2-c2ccccc2-c2ccccc2-c2ccc(-c3[c-]cccc3)nc2)ccc1-c1ccccn1. The smallest absolute Gasteiger partial charge is 0.486 e. The zero-order valence-corrected chi connectivity index (χ0v) is 40.7. The first-order valence-corrected chi connectivity index (χ1v) is 22.6. The zero-order valence-electron chi connectivity index (χ0n) is 38.3. The van der Waals surface area contributed by atoms with E-state index in [0.717, 1.165) is 84.5 Å². The Bertz CT molecular complexity index is 3320. The van der Waals surface area contributed by atoms with Crippen LogP contribution in [0.3, 0.4) is 0 Å². The van der Waals surface area contributed by atoms with E-state index in [1.54, 1.807) is 0 Å². The third kappa shape index (κ3) is 9.89. The first kappa shape index (κ1) is 45.5. The van der Waals surface area contributed by atoms with E-state index in [2.05, 4.69) is 175 Å². The van der Waals surface area contributed by atoms with E-state index in [0.29, 0.717) is 5.71 Å². The average molecular weight is 1060 g/mol. The number of pyridine rings is 4. The van der Waals surface area contributed by atoms with Gasteiger partial charge in [-0.05, 0) is 93.5 Å². The molecule has 0 atom stereocenters. The average Bonchev–Trinajstić information content (AvgIpc) is 3.75. The molecule has 0 fully saturated rings. The molecule has 0 aliphatic rings. The van der Waals surface area contributed by atoms with Crippen LogP contribution >= 0.6 is 0 Å². The van der Waals surface area contributed by atoms with Crippen molar-refractivity contribution in [2.24, 2.45) is 5.41 Å². The van der Waals surface area contributed by atoms with Crippen LogP contribution in [0, 0.1) is 30.5 Å². The van der Waals surface area contributed by atoms with Crippen LogP contribution in [0.1, 0.15) is 32.0 Å². The number of aromatic nitrogens is 4. The summed E-state index contributed by atoms with van der Waals surface area (Å²) in [6.07, 6.45) is 6.64. The van der Waals surface area contributed by atoms with Crippen molar-refractivity contribution in [1.82, 2.24) is 19.9 Å². The minimum absolute atomic E-state index is 0. The van der Waals surface area contributed by atoms with E-state index in [9.17, 15) is 0 Å². The molecular weight excluding hydrogens is 1010 g/mol. The van der Waals surface area contributed by atoms with Crippen molar-refractivity contribution in [3.63, 3.8) is 0 Å². The van der Waals surface area contributed by atoms with Gasteiger partial charge in [-0.25, -0.2) is 4.98 Å². The van der Waals surface area contributed by atoms with Gasteiger partial charge in [-0.1, -0.05) is 152 Å². The summed E-state index contributed by atoms with van der Waals surface area (Å²) in [6, 6.07) is 72.5. The topological polar surface area (TPSA) is 64.7 Å². The monoisotopic (exact) mass is 1060 g/mol. The number of aryl methyl sites for hydroxylation is 1. The van der Waals surface area contributed by atoms with Gasteiger partial charge in [0.1, 0.15) is 0 Å². The predicted octanol–water partition coefficient (Wildman–Crippen LogP) is 15.8. The molecule has 6 heteroatoms. The Labute approximate surface area is 412 Å². The van der Waals surface area contributed by atoms with Crippen LogP contribution in [-0.4, -0.2) is 19.9 Å². The van der Waals surface area contributed by atoms with Crippen molar-refractivity contribution in [1.29, 1.82) is 0 Å². The Kier molecular flexibility index (Phi) is 13.4. The van der Waals surface area contributed by atoms with Crippen LogP contribution in [-0.2, 0) is 26.5 Å². The van der Waals surface area contributed by atoms with Gasteiger partial charge in [-0.2, -0.15) is 0 Å². The Morgan fingerprint density at radius 3 is 1.76 bits per heavy atom. The van der Waals surface area contributed by atoms with Gasteiger partial charge in [-0.3, -0.25) is 0 Å². The molecule has 0 aliphatic carbocycles. The predicted molar refractivity (Wildman–Crippen MR) is 274 cm³/mol. The molecule has 0 unspecified atom stereocenters. The Hall–Kier alpha value is -7.63. The van der Waals surface area contributed by atoms with Gasteiger partial charge in [0, 0.05) is 29.7 Å². The molecule has 11 aromatic rings. The molecule has 5 aromatic heterocycles. The molecule has 0 saturated carbocycles. The minimum Gasteiger partial charge on any atom is -0.486 e. The van der Waals surface area contributed by atoms with Gasteiger partial charge in [-0.15, -0.1) is 83.9 Å². The summed E-state index contributed by atoms with van der Waals surface area (Å²) in [5.41, 5.74) is 18.7. The third-order valence-electron chi connectivity index (χ3n) is 11.7. The van der Waals surface area contributed by atoms with Gasteiger partial charge in [0.15, 0.2) is 0 Å². The van der Waals surface area contributed by atoms with Crippen LogP contribution in [0.25, 0.3) is 100 Å². The molecule has 0 aliphatic heterocycles. The number of hydrogen-bond donors (Lipinski definition) is 0. The number of fused-ring (bicyclic) bond motifs is 3. The van der Waals surface area contributed by atoms with Crippen LogP contribution in [0.5, 0.6) is 0 Å². The summed E-state index contributed by atoms with van der Waals surface area (Å²) in [7, 11) is 0. The van der Waals surface area contributed by atoms with Crippen molar-refractivity contribution in [2.45, 2.75) is 34.1 Å². The van der Waals surface area contributed by atoms with Crippen molar-refractivity contribution in [3.05, 3.63) is 230 Å². The minimum atomic E-state index is 0. The molecule has 0 amide bonds. The van der Waals surface area contributed by atoms with Gasteiger partial charge in [0.05, 0.1) is 5.58 Å². The molecule has 0 N–H and O–H groups in total. The molecule has 5 nitrogen and oxygen atoms in total. The molecular formula is C62H47IrN4O. The van der Waals surface area contributed by atoms with Crippen LogP contribution < -0.4 is 0 Å². The number of hydrogen-bond acceptors (Lipinski definition) is 5. The van der Waals surface area contributed by atoms with Crippen molar-refractivity contribution < 1.29 is 24.5 Å². The number of rotatable bonds is 8. The molecule has 0 bridgehead atoms. The van der Waals surface area contributed by atoms with Crippen LogP contribution in [0.15, 0.2) is 205 Å². The maximum atomic E-state index is 6.08. The molecule has 330 valence electrons. The summed E-state index contributed by atoms with van der Waals surface area (Å²) < 4.78 is 6.08. The number of furan rings is 1. The Morgan fingerprint density at radius 1 is 0.500 bits per heavy atom. The normalized spacial score (nSPS) is 11.2. The van der Waals surface area contributed by atoms with Gasteiger partial charge in [0.2, 0.25) is 5.71 Å². The fourth-order valence-electron chi connectivity index (χ4n) is 8.67. The maximum Gasteiger partial charge on any atom is 3.00 e. The maximum absolute atomic E-state index is 6.08.